The molecular weight excluding hydrogens is 533 g/mol. The molecule has 0 atom stereocenters. The lowest BCUT2D eigenvalue weighted by atomic mass is 10.1. The number of ether oxygens (including phenoxy) is 2. The summed E-state index contributed by atoms with van der Waals surface area (Å²) >= 11 is 12.4. The third-order valence-corrected chi connectivity index (χ3v) is 5.73. The van der Waals surface area contributed by atoms with Gasteiger partial charge in [-0.05, 0) is 61.0 Å². The molecule has 1 aliphatic heterocycles. The average Bonchev–Trinajstić information content (AvgIpc) is 2.87. The van der Waals surface area contributed by atoms with Crippen molar-refractivity contribution in [2.24, 2.45) is 0 Å². The number of nitrogens with one attached hydrogen (secondary N) is 2. The Morgan fingerprint density at radius 1 is 1.00 bits per heavy atom. The van der Waals surface area contributed by atoms with E-state index in [1.807, 2.05) is 6.07 Å². The van der Waals surface area contributed by atoms with Crippen LogP contribution in [0.5, 0.6) is 11.5 Å². The van der Waals surface area contributed by atoms with Crippen LogP contribution < -0.4 is 25.0 Å². The van der Waals surface area contributed by atoms with E-state index >= 15 is 0 Å². The maximum atomic E-state index is 13.2. The van der Waals surface area contributed by atoms with Gasteiger partial charge in [0, 0.05) is 10.7 Å². The lowest BCUT2D eigenvalue weighted by Gasteiger charge is -2.26. The Hall–Kier alpha value is -4.34. The molecular formula is C27H21Cl2N3O6. The molecule has 0 aromatic heterocycles. The van der Waals surface area contributed by atoms with Gasteiger partial charge in [-0.3, -0.25) is 19.7 Å². The van der Waals surface area contributed by atoms with Crippen molar-refractivity contribution in [1.29, 1.82) is 0 Å². The number of anilines is 2. The number of benzene rings is 3. The highest BCUT2D eigenvalue weighted by atomic mass is 35.5. The Morgan fingerprint density at radius 2 is 1.76 bits per heavy atom. The Kier molecular flexibility index (Phi) is 8.30. The molecule has 0 saturated carbocycles. The molecule has 4 rings (SSSR count). The molecule has 0 spiro atoms. The topological polar surface area (TPSA) is 114 Å². The number of imide groups is 2. The number of carbonyl (C=O) groups is 4. The van der Waals surface area contributed by atoms with Crippen molar-refractivity contribution >= 4 is 64.4 Å². The van der Waals surface area contributed by atoms with Crippen LogP contribution in [0.15, 0.2) is 72.3 Å². The van der Waals surface area contributed by atoms with Crippen LogP contribution in [0.3, 0.4) is 0 Å². The molecule has 1 saturated heterocycles. The Balaban J connectivity index is 1.59. The van der Waals surface area contributed by atoms with Gasteiger partial charge >= 0.3 is 6.03 Å². The van der Waals surface area contributed by atoms with Crippen LogP contribution >= 0.6 is 23.2 Å². The minimum atomic E-state index is -0.898. The summed E-state index contributed by atoms with van der Waals surface area (Å²) in [4.78, 5) is 51.2. The summed E-state index contributed by atoms with van der Waals surface area (Å²) in [6.07, 6.45) is 1.28. The summed E-state index contributed by atoms with van der Waals surface area (Å²) in [6, 6.07) is 17.0. The molecule has 5 amide bonds. The van der Waals surface area contributed by atoms with Crippen molar-refractivity contribution in [3.63, 3.8) is 0 Å². The van der Waals surface area contributed by atoms with E-state index < -0.39 is 23.8 Å². The zero-order valence-electron chi connectivity index (χ0n) is 20.0. The van der Waals surface area contributed by atoms with Gasteiger partial charge in [-0.2, -0.15) is 0 Å². The first kappa shape index (κ1) is 26.7. The number of barbiturate groups is 1. The molecule has 38 heavy (non-hydrogen) atoms. The highest BCUT2D eigenvalue weighted by Crippen LogP contribution is 2.37. The van der Waals surface area contributed by atoms with Crippen molar-refractivity contribution in [2.75, 3.05) is 23.4 Å². The highest BCUT2D eigenvalue weighted by Gasteiger charge is 2.37. The molecule has 3 aromatic carbocycles. The third-order valence-electron chi connectivity index (χ3n) is 5.22. The monoisotopic (exact) mass is 553 g/mol. The first-order valence-electron chi connectivity index (χ1n) is 11.4. The molecule has 9 nitrogen and oxygen atoms in total. The molecule has 2 N–H and O–H groups in total. The van der Waals surface area contributed by atoms with E-state index in [9.17, 15) is 19.2 Å². The van der Waals surface area contributed by atoms with E-state index in [-0.39, 0.29) is 41.0 Å². The number of carbonyl (C=O) groups excluding carboxylic acids is 4. The van der Waals surface area contributed by atoms with Gasteiger partial charge < -0.3 is 14.8 Å². The summed E-state index contributed by atoms with van der Waals surface area (Å²) in [6.45, 7) is 1.66. The summed E-state index contributed by atoms with van der Waals surface area (Å²) in [5.41, 5.74) is 0.835. The molecule has 1 heterocycles. The van der Waals surface area contributed by atoms with Crippen molar-refractivity contribution < 1.29 is 28.7 Å². The van der Waals surface area contributed by atoms with Gasteiger partial charge in [-0.1, -0.05) is 47.5 Å². The van der Waals surface area contributed by atoms with Crippen LogP contribution in [0.2, 0.25) is 10.0 Å². The number of halogens is 2. The molecule has 1 aliphatic rings. The van der Waals surface area contributed by atoms with Gasteiger partial charge in [0.25, 0.3) is 17.7 Å². The summed E-state index contributed by atoms with van der Waals surface area (Å²) in [5, 5.41) is 5.25. The van der Waals surface area contributed by atoms with Crippen LogP contribution in [0.1, 0.15) is 12.5 Å². The van der Waals surface area contributed by atoms with Crippen molar-refractivity contribution in [3.05, 3.63) is 87.9 Å². The third kappa shape index (κ3) is 6.13. The Morgan fingerprint density at radius 3 is 2.47 bits per heavy atom. The van der Waals surface area contributed by atoms with Gasteiger partial charge in [-0.15, -0.1) is 0 Å². The number of urea groups is 1. The number of nitrogens with zero attached hydrogens (tertiary/aromatic N) is 1. The predicted molar refractivity (Wildman–Crippen MR) is 144 cm³/mol. The maximum absolute atomic E-state index is 13.2. The quantitative estimate of drug-likeness (QED) is 0.297. The van der Waals surface area contributed by atoms with Crippen LogP contribution in [0.25, 0.3) is 6.08 Å². The number of hydrogen-bond acceptors (Lipinski definition) is 6. The second-order valence-corrected chi connectivity index (χ2v) is 8.75. The van der Waals surface area contributed by atoms with Crippen molar-refractivity contribution in [1.82, 2.24) is 5.32 Å². The number of para-hydroxylation sites is 1. The van der Waals surface area contributed by atoms with E-state index in [1.165, 1.54) is 30.3 Å². The Bertz CT molecular complexity index is 1440. The van der Waals surface area contributed by atoms with E-state index in [4.69, 9.17) is 32.7 Å². The fourth-order valence-corrected chi connectivity index (χ4v) is 4.06. The van der Waals surface area contributed by atoms with Gasteiger partial charge in [0.05, 0.1) is 17.3 Å². The number of amides is 5. The van der Waals surface area contributed by atoms with Gasteiger partial charge in [0.2, 0.25) is 0 Å². The fraction of sp³-hybridized carbons (Fsp3) is 0.111. The van der Waals surface area contributed by atoms with Crippen LogP contribution in [0.4, 0.5) is 16.2 Å². The molecule has 0 bridgehead atoms. The molecule has 0 radical (unpaired) electrons. The molecule has 3 aromatic rings. The van der Waals surface area contributed by atoms with Crippen molar-refractivity contribution in [3.8, 4) is 11.5 Å². The molecule has 1 fully saturated rings. The predicted octanol–water partition coefficient (Wildman–Crippen LogP) is 5.08. The Labute approximate surface area is 227 Å². The van der Waals surface area contributed by atoms with E-state index in [1.54, 1.807) is 43.3 Å². The maximum Gasteiger partial charge on any atom is 0.335 e. The molecule has 194 valence electrons. The van der Waals surface area contributed by atoms with E-state index in [2.05, 4.69) is 10.6 Å². The zero-order valence-corrected chi connectivity index (χ0v) is 21.5. The molecule has 0 unspecified atom stereocenters. The van der Waals surface area contributed by atoms with Crippen LogP contribution in [-0.4, -0.2) is 37.0 Å². The number of hydrogen-bond donors (Lipinski definition) is 2. The van der Waals surface area contributed by atoms with Crippen LogP contribution in [0, 0.1) is 0 Å². The lowest BCUT2D eigenvalue weighted by molar-refractivity contribution is -0.122. The smallest absolute Gasteiger partial charge is 0.335 e. The summed E-state index contributed by atoms with van der Waals surface area (Å²) in [5.74, 6) is -1.80. The highest BCUT2D eigenvalue weighted by molar-refractivity contribution is 6.39. The minimum absolute atomic E-state index is 0.0850. The van der Waals surface area contributed by atoms with Gasteiger partial charge in [0.15, 0.2) is 18.1 Å². The second kappa shape index (κ2) is 11.8. The lowest BCUT2D eigenvalue weighted by Crippen LogP contribution is -2.54. The summed E-state index contributed by atoms with van der Waals surface area (Å²) < 4.78 is 11.3. The first-order chi connectivity index (χ1) is 18.3. The van der Waals surface area contributed by atoms with E-state index in [0.717, 1.165) is 4.90 Å². The molecule has 0 aliphatic carbocycles. The second-order valence-electron chi connectivity index (χ2n) is 7.90. The van der Waals surface area contributed by atoms with Crippen molar-refractivity contribution in [2.45, 2.75) is 6.92 Å². The number of rotatable bonds is 8. The average molecular weight is 554 g/mol. The molecule has 11 heteroatoms. The zero-order chi connectivity index (χ0) is 27.2. The van der Waals surface area contributed by atoms with Crippen LogP contribution in [-0.2, 0) is 14.4 Å². The first-order valence-corrected chi connectivity index (χ1v) is 12.1. The fourth-order valence-electron chi connectivity index (χ4n) is 3.60. The minimum Gasteiger partial charge on any atom is -0.490 e. The van der Waals surface area contributed by atoms with E-state index in [0.29, 0.717) is 16.3 Å². The normalized spacial score (nSPS) is 14.3. The standard InChI is InChI=1S/C27H21Cl2N3O6/c1-2-37-22-13-16(12-21(29)24(22)38-15-23(33)30-18-8-4-3-5-9-18)11-20-25(34)31-27(36)32(26(20)35)19-10-6-7-17(28)14-19/h3-14H,2,15H2,1H3,(H,30,33)(H,31,34,36)/b20-11+. The largest absolute Gasteiger partial charge is 0.490 e. The van der Waals surface area contributed by atoms with Gasteiger partial charge in [0.1, 0.15) is 5.57 Å². The SMILES string of the molecule is CCOc1cc(/C=C2\C(=O)NC(=O)N(c3cccc(Cl)c3)C2=O)cc(Cl)c1OCC(=O)Nc1ccccc1. The van der Waals surface area contributed by atoms with Gasteiger partial charge in [-0.25, -0.2) is 9.69 Å². The summed E-state index contributed by atoms with van der Waals surface area (Å²) in [7, 11) is 0.